The van der Waals surface area contributed by atoms with Gasteiger partial charge in [-0.3, -0.25) is 28.8 Å². The third-order valence-electron chi connectivity index (χ3n) is 11.2. The molecular weight excluding hydrogens is 648 g/mol. The summed E-state index contributed by atoms with van der Waals surface area (Å²) in [7, 11) is 1.73. The van der Waals surface area contributed by atoms with Crippen molar-refractivity contribution in [3.63, 3.8) is 0 Å². The van der Waals surface area contributed by atoms with Crippen LogP contribution in [-0.4, -0.2) is 50.0 Å². The minimum absolute atomic E-state index is 0.0511. The number of carbonyl (C=O) groups excluding carboxylic acids is 4. The summed E-state index contributed by atoms with van der Waals surface area (Å²) >= 11 is 7.87. The van der Waals surface area contributed by atoms with Gasteiger partial charge in [0.25, 0.3) is 0 Å². The average molecular weight is 683 g/mol. The molecule has 4 heterocycles. The Balaban J connectivity index is 1.24. The summed E-state index contributed by atoms with van der Waals surface area (Å²) in [4.78, 5) is 60.4. The Hall–Kier alpha value is -4.28. The normalized spacial score (nSPS) is 28.3. The number of phenols is 1. The van der Waals surface area contributed by atoms with Gasteiger partial charge in [-0.05, 0) is 85.9 Å². The zero-order valence-corrected chi connectivity index (χ0v) is 28.6. The Bertz CT molecular complexity index is 2120. The van der Waals surface area contributed by atoms with E-state index in [2.05, 4.69) is 0 Å². The number of allylic oxidation sites excluding steroid dienone is 2. The smallest absolute Gasteiger partial charge is 0.242 e. The molecule has 2 aromatic carbocycles. The van der Waals surface area contributed by atoms with E-state index in [1.807, 2.05) is 51.1 Å². The summed E-state index contributed by atoms with van der Waals surface area (Å²) in [5.41, 5.74) is 2.06. The third kappa shape index (κ3) is 4.18. The minimum atomic E-state index is -1.20. The Morgan fingerprint density at radius 2 is 1.83 bits per heavy atom. The van der Waals surface area contributed by atoms with Crippen LogP contribution in [0.4, 0.5) is 5.82 Å². The molecule has 48 heavy (non-hydrogen) atoms. The molecule has 9 nitrogen and oxygen atoms in total. The van der Waals surface area contributed by atoms with Crippen LogP contribution >= 0.6 is 22.9 Å². The van der Waals surface area contributed by atoms with E-state index in [1.165, 1.54) is 9.80 Å². The fourth-order valence-electron chi connectivity index (χ4n) is 9.04. The van der Waals surface area contributed by atoms with Crippen molar-refractivity contribution in [1.29, 1.82) is 0 Å². The summed E-state index contributed by atoms with van der Waals surface area (Å²) in [5.74, 6) is -3.40. The van der Waals surface area contributed by atoms with Crippen molar-refractivity contribution in [2.24, 2.45) is 36.1 Å². The van der Waals surface area contributed by atoms with E-state index < -0.39 is 29.1 Å². The molecule has 1 N–H and O–H groups in total. The topological polar surface area (TPSA) is 113 Å². The molecule has 6 atom stereocenters. The largest absolute Gasteiger partial charge is 0.508 e. The van der Waals surface area contributed by atoms with Crippen LogP contribution in [0.5, 0.6) is 5.75 Å². The zero-order chi connectivity index (χ0) is 33.8. The Morgan fingerprint density at radius 3 is 2.58 bits per heavy atom. The number of hydrogen-bond acceptors (Lipinski definition) is 7. The quantitative estimate of drug-likeness (QED) is 0.187. The number of amides is 4. The van der Waals surface area contributed by atoms with Crippen molar-refractivity contribution in [3.05, 3.63) is 76.3 Å². The number of likely N-dealkylation sites (tertiary alicyclic amines) is 1. The SMILES string of the molecule is CCCN1C(=O)[C@H]2[C@H](CC=C3[C@H]2C[C@H]2C(=O)N(c4cc(-c5sc6ccc(Cl)cc6c5C)nn4C)C(=O)[C@@]2(C)[C@H]3c2cccc(O)c2)C1=O. The molecule has 0 bridgehead atoms. The van der Waals surface area contributed by atoms with Crippen LogP contribution in [0, 0.1) is 36.0 Å². The zero-order valence-electron chi connectivity index (χ0n) is 27.1. The number of aryl methyl sites for hydroxylation is 2. The van der Waals surface area contributed by atoms with E-state index in [0.717, 1.165) is 26.1 Å². The molecule has 3 fully saturated rings. The number of carbonyl (C=O) groups is 4. The van der Waals surface area contributed by atoms with Crippen molar-refractivity contribution < 1.29 is 24.3 Å². The first-order chi connectivity index (χ1) is 22.9. The second-order valence-electron chi connectivity index (χ2n) is 13.8. The number of halogens is 1. The van der Waals surface area contributed by atoms with Crippen molar-refractivity contribution in [3.8, 4) is 16.3 Å². The van der Waals surface area contributed by atoms with Crippen LogP contribution < -0.4 is 4.90 Å². The number of phenolic OH excluding ortho intramolecular Hbond substituents is 1. The summed E-state index contributed by atoms with van der Waals surface area (Å²) in [6.07, 6.45) is 3.37. The fraction of sp³-hybridized carbons (Fsp3) is 0.378. The second kappa shape index (κ2) is 10.9. The lowest BCUT2D eigenvalue weighted by Gasteiger charge is -2.49. The molecule has 2 aliphatic carbocycles. The van der Waals surface area contributed by atoms with Gasteiger partial charge < -0.3 is 5.11 Å². The molecule has 0 unspecified atom stereocenters. The number of hydrogen-bond donors (Lipinski definition) is 1. The number of rotatable bonds is 5. The number of benzene rings is 2. The summed E-state index contributed by atoms with van der Waals surface area (Å²) in [6, 6.07) is 14.4. The molecule has 246 valence electrons. The maximum atomic E-state index is 14.9. The molecule has 2 aromatic heterocycles. The highest BCUT2D eigenvalue weighted by atomic mass is 35.5. The van der Waals surface area contributed by atoms with Crippen LogP contribution in [0.2, 0.25) is 5.02 Å². The molecule has 2 aliphatic heterocycles. The lowest BCUT2D eigenvalue weighted by Crippen LogP contribution is -2.48. The average Bonchev–Trinajstić information content (AvgIpc) is 3.72. The summed E-state index contributed by atoms with van der Waals surface area (Å²) in [5, 5.41) is 17.0. The van der Waals surface area contributed by atoms with E-state index in [0.29, 0.717) is 41.5 Å². The predicted octanol–water partition coefficient (Wildman–Crippen LogP) is 6.61. The van der Waals surface area contributed by atoms with Gasteiger partial charge in [0.15, 0.2) is 0 Å². The van der Waals surface area contributed by atoms with Gasteiger partial charge in [0.2, 0.25) is 23.6 Å². The molecule has 8 rings (SSSR count). The van der Waals surface area contributed by atoms with Crippen LogP contribution in [0.1, 0.15) is 50.2 Å². The highest BCUT2D eigenvalue weighted by molar-refractivity contribution is 7.22. The molecule has 1 saturated carbocycles. The molecule has 4 aliphatic rings. The first-order valence-electron chi connectivity index (χ1n) is 16.4. The number of anilines is 1. The van der Waals surface area contributed by atoms with Crippen LogP contribution in [0.25, 0.3) is 20.7 Å². The van der Waals surface area contributed by atoms with Gasteiger partial charge in [-0.2, -0.15) is 5.10 Å². The van der Waals surface area contributed by atoms with Gasteiger partial charge in [-0.25, -0.2) is 4.90 Å². The minimum Gasteiger partial charge on any atom is -0.508 e. The van der Waals surface area contributed by atoms with Gasteiger partial charge in [0, 0.05) is 35.3 Å². The molecule has 4 aromatic rings. The van der Waals surface area contributed by atoms with Crippen LogP contribution in [0.3, 0.4) is 0 Å². The Morgan fingerprint density at radius 1 is 1.04 bits per heavy atom. The lowest BCUT2D eigenvalue weighted by molar-refractivity contribution is -0.140. The van der Waals surface area contributed by atoms with Gasteiger partial charge in [-0.15, -0.1) is 11.3 Å². The predicted molar refractivity (Wildman–Crippen MR) is 184 cm³/mol. The number of aromatic hydroxyl groups is 1. The van der Waals surface area contributed by atoms with Crippen LogP contribution in [-0.2, 0) is 26.2 Å². The maximum absolute atomic E-state index is 14.9. The van der Waals surface area contributed by atoms with Gasteiger partial charge in [-0.1, -0.05) is 42.3 Å². The van der Waals surface area contributed by atoms with Crippen LogP contribution in [0.15, 0.2) is 60.2 Å². The van der Waals surface area contributed by atoms with Crippen molar-refractivity contribution in [2.75, 3.05) is 11.4 Å². The number of aromatic nitrogens is 2. The molecule has 0 spiro atoms. The fourth-order valence-corrected chi connectivity index (χ4v) is 10.4. The van der Waals surface area contributed by atoms with E-state index in [4.69, 9.17) is 16.7 Å². The molecule has 2 saturated heterocycles. The standard InChI is InChI=1S/C37H35ClN4O5S/c1-5-13-41-33(44)23-11-10-22-25(30(23)35(41)46)16-26-34(45)42(36(47)37(26,3)31(22)19-7-6-8-21(43)14-19)29-17-27(39-40(29)4)32-18(2)24-15-20(38)9-12-28(24)48-32/h6-10,12,14-15,17,23,25-26,30-31,43H,5,11,13,16H2,1-4H3/t23-,25+,26-,30-,31-,37+/m0/s1. The van der Waals surface area contributed by atoms with E-state index >= 15 is 0 Å². The second-order valence-corrected chi connectivity index (χ2v) is 15.3. The molecule has 4 amide bonds. The molecular formula is C37H35ClN4O5S. The number of nitrogens with zero attached hydrogens (tertiary/aromatic N) is 4. The first kappa shape index (κ1) is 31.0. The van der Waals surface area contributed by atoms with Gasteiger partial charge in [0.05, 0.1) is 28.0 Å². The van der Waals surface area contributed by atoms with Gasteiger partial charge >= 0.3 is 0 Å². The van der Waals surface area contributed by atoms with Crippen molar-refractivity contribution in [2.45, 2.75) is 46.0 Å². The Kier molecular flexibility index (Phi) is 7.02. The Labute approximate surface area is 286 Å². The van der Waals surface area contributed by atoms with E-state index in [1.54, 1.807) is 47.3 Å². The van der Waals surface area contributed by atoms with E-state index in [9.17, 15) is 24.3 Å². The monoisotopic (exact) mass is 682 g/mol. The lowest BCUT2D eigenvalue weighted by atomic mass is 9.51. The molecule has 11 heteroatoms. The van der Waals surface area contributed by atoms with Crippen molar-refractivity contribution >= 4 is 62.5 Å². The number of imide groups is 2. The summed E-state index contributed by atoms with van der Waals surface area (Å²) < 4.78 is 2.64. The number of thiophene rings is 1. The third-order valence-corrected chi connectivity index (χ3v) is 12.8. The number of fused-ring (bicyclic) bond motifs is 5. The summed E-state index contributed by atoms with van der Waals surface area (Å²) in [6.45, 7) is 6.16. The first-order valence-corrected chi connectivity index (χ1v) is 17.6. The maximum Gasteiger partial charge on any atom is 0.242 e. The van der Waals surface area contributed by atoms with E-state index in [-0.39, 0.29) is 41.7 Å². The van der Waals surface area contributed by atoms with Crippen molar-refractivity contribution in [1.82, 2.24) is 14.7 Å². The highest BCUT2D eigenvalue weighted by Gasteiger charge is 2.67. The van der Waals surface area contributed by atoms with Gasteiger partial charge in [0.1, 0.15) is 17.3 Å². The highest BCUT2D eigenvalue weighted by Crippen LogP contribution is 2.63. The molecule has 0 radical (unpaired) electrons.